The van der Waals surface area contributed by atoms with E-state index >= 15 is 0 Å². The van der Waals surface area contributed by atoms with E-state index < -0.39 is 15.7 Å². The SMILES string of the molecule is CCNC(=NCc1cc(F)ccc1CS(C)(=O)=O)NCC(CC)c1ccccc1.I. The van der Waals surface area contributed by atoms with E-state index in [-0.39, 0.29) is 36.3 Å². The molecule has 2 rings (SSSR count). The van der Waals surface area contributed by atoms with Gasteiger partial charge in [0.2, 0.25) is 0 Å². The van der Waals surface area contributed by atoms with Crippen molar-refractivity contribution in [3.05, 3.63) is 71.0 Å². The molecule has 0 spiro atoms. The number of benzene rings is 2. The number of sulfone groups is 1. The zero-order chi connectivity index (χ0) is 21.3. The van der Waals surface area contributed by atoms with Crippen molar-refractivity contribution in [2.45, 2.75) is 38.5 Å². The molecule has 1 atom stereocenters. The molecule has 166 valence electrons. The molecule has 0 saturated heterocycles. The molecule has 0 aliphatic rings. The molecule has 0 fully saturated rings. The van der Waals surface area contributed by atoms with E-state index in [9.17, 15) is 12.8 Å². The first-order valence-electron chi connectivity index (χ1n) is 9.84. The van der Waals surface area contributed by atoms with Crippen LogP contribution in [0.3, 0.4) is 0 Å². The number of halogens is 2. The van der Waals surface area contributed by atoms with Crippen molar-refractivity contribution in [3.8, 4) is 0 Å². The standard InChI is InChI=1S/C22H30FN3O2S.HI/c1-4-17(18-9-7-6-8-10-18)14-25-22(24-5-2)26-15-20-13-21(23)12-11-19(20)16-29(3,27)28;/h6-13,17H,4-5,14-16H2,1-3H3,(H2,24,25,26);1H. The molecule has 2 aromatic carbocycles. The van der Waals surface area contributed by atoms with E-state index in [0.29, 0.717) is 36.1 Å². The second kappa shape index (κ2) is 12.9. The molecule has 0 heterocycles. The number of hydrogen-bond acceptors (Lipinski definition) is 3. The van der Waals surface area contributed by atoms with Gasteiger partial charge in [-0.1, -0.05) is 43.3 Å². The molecule has 0 amide bonds. The Morgan fingerprint density at radius 3 is 2.37 bits per heavy atom. The zero-order valence-electron chi connectivity index (χ0n) is 17.7. The van der Waals surface area contributed by atoms with Gasteiger partial charge in [-0.05, 0) is 42.2 Å². The first kappa shape index (κ1) is 26.4. The summed E-state index contributed by atoms with van der Waals surface area (Å²) >= 11 is 0. The molecule has 30 heavy (non-hydrogen) atoms. The number of nitrogens with one attached hydrogen (secondary N) is 2. The van der Waals surface area contributed by atoms with Crippen LogP contribution in [-0.2, 0) is 22.1 Å². The molecular formula is C22H31FIN3O2S. The summed E-state index contributed by atoms with van der Waals surface area (Å²) < 4.78 is 37.0. The van der Waals surface area contributed by atoms with Crippen LogP contribution in [0.2, 0.25) is 0 Å². The molecule has 5 nitrogen and oxygen atoms in total. The lowest BCUT2D eigenvalue weighted by Crippen LogP contribution is -2.39. The zero-order valence-corrected chi connectivity index (χ0v) is 20.8. The van der Waals surface area contributed by atoms with Gasteiger partial charge in [0.15, 0.2) is 15.8 Å². The fourth-order valence-electron chi connectivity index (χ4n) is 3.11. The molecule has 0 bridgehead atoms. The Kier molecular flexibility index (Phi) is 11.3. The molecule has 1 unspecified atom stereocenters. The van der Waals surface area contributed by atoms with Crippen LogP contribution in [0.5, 0.6) is 0 Å². The van der Waals surface area contributed by atoms with E-state index in [1.165, 1.54) is 30.0 Å². The van der Waals surface area contributed by atoms with Gasteiger partial charge in [0.05, 0.1) is 12.3 Å². The lowest BCUT2D eigenvalue weighted by molar-refractivity contribution is 0.600. The molecular weight excluding hydrogens is 516 g/mol. The van der Waals surface area contributed by atoms with Crippen LogP contribution in [0, 0.1) is 5.82 Å². The number of rotatable bonds is 9. The highest BCUT2D eigenvalue weighted by atomic mass is 127. The molecule has 0 radical (unpaired) electrons. The fourth-order valence-corrected chi connectivity index (χ4v) is 3.96. The molecule has 0 aliphatic carbocycles. The number of aliphatic imine (C=N–C) groups is 1. The maximum atomic E-state index is 13.7. The highest BCUT2D eigenvalue weighted by Gasteiger charge is 2.12. The smallest absolute Gasteiger partial charge is 0.191 e. The molecule has 0 aliphatic heterocycles. The summed E-state index contributed by atoms with van der Waals surface area (Å²) in [5.74, 6) is 0.431. The normalized spacial score (nSPS) is 12.7. The van der Waals surface area contributed by atoms with Crippen LogP contribution in [0.1, 0.15) is 42.9 Å². The first-order valence-corrected chi connectivity index (χ1v) is 11.9. The summed E-state index contributed by atoms with van der Waals surface area (Å²) in [6.45, 7) is 5.72. The van der Waals surface area contributed by atoms with Gasteiger partial charge in [-0.15, -0.1) is 24.0 Å². The van der Waals surface area contributed by atoms with Crippen molar-refractivity contribution in [2.24, 2.45) is 4.99 Å². The van der Waals surface area contributed by atoms with Crippen LogP contribution in [0.25, 0.3) is 0 Å². The Labute approximate surface area is 196 Å². The van der Waals surface area contributed by atoms with E-state index in [0.717, 1.165) is 6.42 Å². The van der Waals surface area contributed by atoms with E-state index in [1.54, 1.807) is 0 Å². The Morgan fingerprint density at radius 2 is 1.77 bits per heavy atom. The van der Waals surface area contributed by atoms with Gasteiger partial charge in [0.25, 0.3) is 0 Å². The predicted octanol–water partition coefficient (Wildman–Crippen LogP) is 4.24. The molecule has 0 aromatic heterocycles. The maximum Gasteiger partial charge on any atom is 0.191 e. The van der Waals surface area contributed by atoms with Crippen molar-refractivity contribution in [1.29, 1.82) is 0 Å². The van der Waals surface area contributed by atoms with Gasteiger partial charge < -0.3 is 10.6 Å². The van der Waals surface area contributed by atoms with Gasteiger partial charge in [-0.2, -0.15) is 0 Å². The monoisotopic (exact) mass is 547 g/mol. The Hall–Kier alpha value is -1.68. The molecule has 0 saturated carbocycles. The highest BCUT2D eigenvalue weighted by molar-refractivity contribution is 14.0. The third-order valence-electron chi connectivity index (χ3n) is 4.62. The summed E-state index contributed by atoms with van der Waals surface area (Å²) in [7, 11) is -3.22. The van der Waals surface area contributed by atoms with E-state index in [4.69, 9.17) is 0 Å². The van der Waals surface area contributed by atoms with Gasteiger partial charge in [-0.3, -0.25) is 0 Å². The topological polar surface area (TPSA) is 70.6 Å². The van der Waals surface area contributed by atoms with Crippen LogP contribution < -0.4 is 10.6 Å². The average Bonchev–Trinajstić information content (AvgIpc) is 2.68. The first-order chi connectivity index (χ1) is 13.8. The van der Waals surface area contributed by atoms with Crippen LogP contribution >= 0.6 is 24.0 Å². The van der Waals surface area contributed by atoms with Crippen molar-refractivity contribution in [2.75, 3.05) is 19.3 Å². The van der Waals surface area contributed by atoms with Gasteiger partial charge >= 0.3 is 0 Å². The van der Waals surface area contributed by atoms with Gasteiger partial charge in [-0.25, -0.2) is 17.8 Å². The summed E-state index contributed by atoms with van der Waals surface area (Å²) in [6, 6.07) is 14.4. The second-order valence-electron chi connectivity index (χ2n) is 7.08. The third-order valence-corrected chi connectivity index (χ3v) is 5.45. The highest BCUT2D eigenvalue weighted by Crippen LogP contribution is 2.18. The molecule has 2 N–H and O–H groups in total. The Bertz CT molecular complexity index is 921. The lowest BCUT2D eigenvalue weighted by atomic mass is 9.97. The summed E-state index contributed by atoms with van der Waals surface area (Å²) in [5.41, 5.74) is 2.41. The summed E-state index contributed by atoms with van der Waals surface area (Å²) in [6.07, 6.45) is 2.16. The quantitative estimate of drug-likeness (QED) is 0.280. The largest absolute Gasteiger partial charge is 0.357 e. The summed E-state index contributed by atoms with van der Waals surface area (Å²) in [4.78, 5) is 4.55. The maximum absolute atomic E-state index is 13.7. The average molecular weight is 547 g/mol. The molecule has 2 aromatic rings. The van der Waals surface area contributed by atoms with Crippen molar-refractivity contribution >= 4 is 39.8 Å². The predicted molar refractivity (Wildman–Crippen MR) is 133 cm³/mol. The lowest BCUT2D eigenvalue weighted by Gasteiger charge is -2.18. The van der Waals surface area contributed by atoms with Gasteiger partial charge in [0, 0.05) is 25.3 Å². The fraction of sp³-hybridized carbons (Fsp3) is 0.409. The minimum absolute atomic E-state index is 0. The van der Waals surface area contributed by atoms with E-state index in [1.807, 2.05) is 25.1 Å². The third kappa shape index (κ3) is 8.99. The van der Waals surface area contributed by atoms with Crippen LogP contribution in [0.15, 0.2) is 53.5 Å². The Morgan fingerprint density at radius 1 is 1.07 bits per heavy atom. The minimum atomic E-state index is -3.22. The van der Waals surface area contributed by atoms with Gasteiger partial charge in [0.1, 0.15) is 5.82 Å². The van der Waals surface area contributed by atoms with Crippen LogP contribution in [-0.4, -0.2) is 33.7 Å². The minimum Gasteiger partial charge on any atom is -0.357 e. The summed E-state index contributed by atoms with van der Waals surface area (Å²) in [5, 5.41) is 6.54. The number of guanidine groups is 1. The Balaban J connectivity index is 0.00000450. The van der Waals surface area contributed by atoms with E-state index in [2.05, 4.69) is 34.7 Å². The second-order valence-corrected chi connectivity index (χ2v) is 9.22. The van der Waals surface area contributed by atoms with Crippen molar-refractivity contribution in [1.82, 2.24) is 10.6 Å². The molecule has 8 heteroatoms. The number of nitrogens with zero attached hydrogens (tertiary/aromatic N) is 1. The van der Waals surface area contributed by atoms with Crippen molar-refractivity contribution < 1.29 is 12.8 Å². The number of hydrogen-bond donors (Lipinski definition) is 2. The van der Waals surface area contributed by atoms with Crippen LogP contribution in [0.4, 0.5) is 4.39 Å². The van der Waals surface area contributed by atoms with Crippen molar-refractivity contribution in [3.63, 3.8) is 0 Å².